The first-order valence-electron chi connectivity index (χ1n) is 4.48. The van der Waals surface area contributed by atoms with Gasteiger partial charge < -0.3 is 10.5 Å². The van der Waals surface area contributed by atoms with Crippen molar-refractivity contribution in [2.45, 2.75) is 13.3 Å². The molecule has 15 heavy (non-hydrogen) atoms. The average molecular weight is 248 g/mol. The van der Waals surface area contributed by atoms with Gasteiger partial charge >= 0.3 is 0 Å². The van der Waals surface area contributed by atoms with Crippen molar-refractivity contribution < 1.29 is 9.53 Å². The van der Waals surface area contributed by atoms with Crippen LogP contribution in [-0.2, 0) is 0 Å². The van der Waals surface area contributed by atoms with Crippen molar-refractivity contribution in [3.63, 3.8) is 0 Å². The minimum Gasteiger partial charge on any atom is -0.491 e. The SMILES string of the molecule is CCCOc1c(Cl)cc(Cl)cc1C(N)=O. The Morgan fingerprint density at radius 2 is 2.13 bits per heavy atom. The van der Waals surface area contributed by atoms with Gasteiger partial charge in [-0.15, -0.1) is 0 Å². The number of amides is 1. The number of ether oxygens (including phenoxy) is 1. The lowest BCUT2D eigenvalue weighted by molar-refractivity contribution is 0.0996. The zero-order valence-electron chi connectivity index (χ0n) is 8.22. The van der Waals surface area contributed by atoms with E-state index in [0.717, 1.165) is 6.42 Å². The Labute approximate surface area is 98.1 Å². The summed E-state index contributed by atoms with van der Waals surface area (Å²) in [6.45, 7) is 2.43. The Hall–Kier alpha value is -0.930. The fraction of sp³-hybridized carbons (Fsp3) is 0.300. The Balaban J connectivity index is 3.15. The first kappa shape index (κ1) is 12.1. The molecule has 0 spiro atoms. The third-order valence-corrected chi connectivity index (χ3v) is 2.22. The molecule has 3 nitrogen and oxygen atoms in total. The van der Waals surface area contributed by atoms with Gasteiger partial charge in [-0.2, -0.15) is 0 Å². The van der Waals surface area contributed by atoms with Crippen molar-refractivity contribution in [1.82, 2.24) is 0 Å². The molecule has 1 aromatic carbocycles. The van der Waals surface area contributed by atoms with E-state index in [0.29, 0.717) is 22.4 Å². The molecular formula is C10H11Cl2NO2. The summed E-state index contributed by atoms with van der Waals surface area (Å²) in [5.74, 6) is -0.305. The third kappa shape index (κ3) is 3.01. The Morgan fingerprint density at radius 1 is 1.47 bits per heavy atom. The van der Waals surface area contributed by atoms with Gasteiger partial charge in [0.05, 0.1) is 17.2 Å². The number of benzene rings is 1. The number of hydrogen-bond acceptors (Lipinski definition) is 2. The van der Waals surface area contributed by atoms with Gasteiger partial charge in [-0.05, 0) is 18.6 Å². The fourth-order valence-electron chi connectivity index (χ4n) is 1.09. The highest BCUT2D eigenvalue weighted by atomic mass is 35.5. The van der Waals surface area contributed by atoms with Crippen LogP contribution in [0.15, 0.2) is 12.1 Å². The van der Waals surface area contributed by atoms with Gasteiger partial charge in [0.15, 0.2) is 5.75 Å². The molecule has 5 heteroatoms. The molecule has 0 heterocycles. The molecule has 1 aromatic rings. The van der Waals surface area contributed by atoms with Crippen LogP contribution in [0.3, 0.4) is 0 Å². The lowest BCUT2D eigenvalue weighted by Crippen LogP contribution is -2.13. The molecule has 0 atom stereocenters. The first-order valence-corrected chi connectivity index (χ1v) is 5.23. The predicted molar refractivity (Wildman–Crippen MR) is 60.8 cm³/mol. The van der Waals surface area contributed by atoms with Crippen LogP contribution in [0.5, 0.6) is 5.75 Å². The molecule has 0 radical (unpaired) electrons. The standard InChI is InChI=1S/C10H11Cl2NO2/c1-2-3-15-9-7(10(13)14)4-6(11)5-8(9)12/h4-5H,2-3H2,1H3,(H2,13,14). The number of carbonyl (C=O) groups is 1. The van der Waals surface area contributed by atoms with Gasteiger partial charge in [0.25, 0.3) is 5.91 Å². The van der Waals surface area contributed by atoms with Crippen molar-refractivity contribution in [3.8, 4) is 5.75 Å². The summed E-state index contributed by atoms with van der Waals surface area (Å²) in [6, 6.07) is 2.96. The van der Waals surface area contributed by atoms with E-state index < -0.39 is 5.91 Å². The zero-order chi connectivity index (χ0) is 11.4. The second-order valence-corrected chi connectivity index (χ2v) is 3.82. The van der Waals surface area contributed by atoms with E-state index in [-0.39, 0.29) is 5.56 Å². The number of hydrogen-bond donors (Lipinski definition) is 1. The minimum absolute atomic E-state index is 0.209. The molecule has 0 saturated heterocycles. The molecule has 0 aliphatic heterocycles. The van der Waals surface area contributed by atoms with Crippen LogP contribution in [0, 0.1) is 0 Å². The average Bonchev–Trinajstić information content (AvgIpc) is 2.15. The van der Waals surface area contributed by atoms with E-state index in [1.165, 1.54) is 12.1 Å². The molecule has 1 rings (SSSR count). The van der Waals surface area contributed by atoms with Crippen molar-refractivity contribution in [3.05, 3.63) is 27.7 Å². The summed E-state index contributed by atoms with van der Waals surface area (Å²) in [5.41, 5.74) is 5.40. The summed E-state index contributed by atoms with van der Waals surface area (Å²) < 4.78 is 5.34. The smallest absolute Gasteiger partial charge is 0.252 e. The lowest BCUT2D eigenvalue weighted by Gasteiger charge is -2.10. The molecule has 0 aromatic heterocycles. The zero-order valence-corrected chi connectivity index (χ0v) is 9.73. The van der Waals surface area contributed by atoms with Crippen molar-refractivity contribution >= 4 is 29.1 Å². The maximum absolute atomic E-state index is 11.1. The van der Waals surface area contributed by atoms with Crippen LogP contribution in [-0.4, -0.2) is 12.5 Å². The quantitative estimate of drug-likeness (QED) is 0.890. The number of nitrogens with two attached hydrogens (primary N) is 1. The molecule has 0 fully saturated rings. The van der Waals surface area contributed by atoms with Gasteiger partial charge in [0.1, 0.15) is 0 Å². The van der Waals surface area contributed by atoms with Crippen LogP contribution >= 0.6 is 23.2 Å². The van der Waals surface area contributed by atoms with E-state index in [9.17, 15) is 4.79 Å². The van der Waals surface area contributed by atoms with Gasteiger partial charge in [-0.25, -0.2) is 0 Å². The third-order valence-electron chi connectivity index (χ3n) is 1.72. The van der Waals surface area contributed by atoms with E-state index in [4.69, 9.17) is 33.7 Å². The van der Waals surface area contributed by atoms with Gasteiger partial charge in [-0.3, -0.25) is 4.79 Å². The summed E-state index contributed by atoms with van der Waals surface area (Å²) >= 11 is 11.6. The van der Waals surface area contributed by atoms with Gasteiger partial charge in [0.2, 0.25) is 0 Å². The number of halogens is 2. The number of primary amides is 1. The van der Waals surface area contributed by atoms with Crippen LogP contribution in [0.25, 0.3) is 0 Å². The molecule has 0 bridgehead atoms. The Kier molecular flexibility index (Phi) is 4.24. The molecule has 0 aliphatic carbocycles. The maximum atomic E-state index is 11.1. The second kappa shape index (κ2) is 5.24. The summed E-state index contributed by atoms with van der Waals surface area (Å²) in [7, 11) is 0. The molecule has 2 N–H and O–H groups in total. The van der Waals surface area contributed by atoms with Crippen LogP contribution in [0.1, 0.15) is 23.7 Å². The largest absolute Gasteiger partial charge is 0.491 e. The summed E-state index contributed by atoms with van der Waals surface area (Å²) in [4.78, 5) is 11.1. The van der Waals surface area contributed by atoms with Gasteiger partial charge in [0, 0.05) is 5.02 Å². The molecular weight excluding hydrogens is 237 g/mol. The Morgan fingerprint density at radius 3 is 2.67 bits per heavy atom. The highest BCUT2D eigenvalue weighted by molar-refractivity contribution is 6.36. The molecule has 0 aliphatic rings. The van der Waals surface area contributed by atoms with E-state index >= 15 is 0 Å². The second-order valence-electron chi connectivity index (χ2n) is 2.98. The van der Waals surface area contributed by atoms with Crippen molar-refractivity contribution in [2.24, 2.45) is 5.73 Å². The topological polar surface area (TPSA) is 52.3 Å². The normalized spacial score (nSPS) is 10.1. The van der Waals surface area contributed by atoms with Crippen LogP contribution in [0.2, 0.25) is 10.0 Å². The minimum atomic E-state index is -0.606. The molecule has 0 unspecified atom stereocenters. The van der Waals surface area contributed by atoms with Crippen LogP contribution < -0.4 is 10.5 Å². The Bertz CT molecular complexity index is 380. The summed E-state index contributed by atoms with van der Waals surface area (Å²) in [5, 5.41) is 0.655. The highest BCUT2D eigenvalue weighted by Gasteiger charge is 2.14. The van der Waals surface area contributed by atoms with Crippen LogP contribution in [0.4, 0.5) is 0 Å². The van der Waals surface area contributed by atoms with Gasteiger partial charge in [-0.1, -0.05) is 30.1 Å². The number of carbonyl (C=O) groups excluding carboxylic acids is 1. The van der Waals surface area contributed by atoms with Crippen molar-refractivity contribution in [1.29, 1.82) is 0 Å². The van der Waals surface area contributed by atoms with Crippen molar-refractivity contribution in [2.75, 3.05) is 6.61 Å². The number of rotatable bonds is 4. The lowest BCUT2D eigenvalue weighted by atomic mass is 10.2. The summed E-state index contributed by atoms with van der Waals surface area (Å²) in [6.07, 6.45) is 0.817. The predicted octanol–water partition coefficient (Wildman–Crippen LogP) is 2.88. The monoisotopic (exact) mass is 247 g/mol. The molecule has 1 amide bonds. The van der Waals surface area contributed by atoms with E-state index in [2.05, 4.69) is 0 Å². The molecule has 82 valence electrons. The first-order chi connectivity index (χ1) is 7.06. The maximum Gasteiger partial charge on any atom is 0.252 e. The van der Waals surface area contributed by atoms with E-state index in [1.807, 2.05) is 6.92 Å². The van der Waals surface area contributed by atoms with E-state index in [1.54, 1.807) is 0 Å². The molecule has 0 saturated carbocycles. The highest BCUT2D eigenvalue weighted by Crippen LogP contribution is 2.32. The fourth-order valence-corrected chi connectivity index (χ4v) is 1.64.